The molecule has 140 valence electrons. The first-order valence-corrected chi connectivity index (χ1v) is 9.03. The molecule has 3 nitrogen and oxygen atoms in total. The zero-order valence-corrected chi connectivity index (χ0v) is 15.7. The van der Waals surface area contributed by atoms with E-state index in [1.165, 1.54) is 12.1 Å². The van der Waals surface area contributed by atoms with Gasteiger partial charge < -0.3 is 9.47 Å². The van der Waals surface area contributed by atoms with Gasteiger partial charge in [-0.25, -0.2) is 4.39 Å². The summed E-state index contributed by atoms with van der Waals surface area (Å²) in [5.41, 5.74) is 4.24. The first-order valence-electron chi connectivity index (χ1n) is 9.03. The van der Waals surface area contributed by atoms with E-state index in [1.807, 2.05) is 44.2 Å². The third kappa shape index (κ3) is 3.54. The molecular weight excluding hydrogens is 355 g/mol. The monoisotopic (exact) mass is 374 g/mol. The summed E-state index contributed by atoms with van der Waals surface area (Å²) < 4.78 is 24.7. The molecule has 1 aliphatic heterocycles. The third-order valence-corrected chi connectivity index (χ3v) is 4.74. The van der Waals surface area contributed by atoms with Crippen molar-refractivity contribution in [2.75, 3.05) is 0 Å². The van der Waals surface area contributed by atoms with Crippen LogP contribution in [0.2, 0.25) is 0 Å². The zero-order chi connectivity index (χ0) is 19.7. The lowest BCUT2D eigenvalue weighted by atomic mass is 10.0. The summed E-state index contributed by atoms with van der Waals surface area (Å²) in [4.78, 5) is 12.8. The summed E-state index contributed by atoms with van der Waals surface area (Å²) in [5.74, 6) is 1.00. The van der Waals surface area contributed by atoms with E-state index >= 15 is 0 Å². The van der Waals surface area contributed by atoms with Crippen molar-refractivity contribution in [2.24, 2.45) is 0 Å². The molecule has 1 heterocycles. The molecule has 0 atom stereocenters. The van der Waals surface area contributed by atoms with Crippen molar-refractivity contribution >= 4 is 11.9 Å². The van der Waals surface area contributed by atoms with E-state index in [4.69, 9.17) is 9.47 Å². The number of halogens is 1. The minimum atomic E-state index is -0.281. The molecule has 0 saturated heterocycles. The van der Waals surface area contributed by atoms with E-state index < -0.39 is 0 Å². The van der Waals surface area contributed by atoms with Gasteiger partial charge in [0.1, 0.15) is 23.9 Å². The molecule has 3 aromatic carbocycles. The van der Waals surface area contributed by atoms with Gasteiger partial charge in [0, 0.05) is 6.07 Å². The number of allylic oxidation sites excluding steroid dienone is 1. The number of rotatable bonds is 4. The van der Waals surface area contributed by atoms with E-state index in [0.29, 0.717) is 29.4 Å². The average molecular weight is 374 g/mol. The molecule has 0 radical (unpaired) electrons. The van der Waals surface area contributed by atoms with Gasteiger partial charge in [-0.1, -0.05) is 36.4 Å². The van der Waals surface area contributed by atoms with Crippen LogP contribution in [0, 0.1) is 19.7 Å². The van der Waals surface area contributed by atoms with Gasteiger partial charge in [0.25, 0.3) is 0 Å². The van der Waals surface area contributed by atoms with Crippen molar-refractivity contribution in [1.82, 2.24) is 0 Å². The molecule has 0 fully saturated rings. The largest absolute Gasteiger partial charge is 0.489 e. The van der Waals surface area contributed by atoms with Crippen LogP contribution in [0.4, 0.5) is 4.39 Å². The molecule has 0 aliphatic carbocycles. The quantitative estimate of drug-likeness (QED) is 0.555. The van der Waals surface area contributed by atoms with Crippen molar-refractivity contribution in [3.8, 4) is 11.5 Å². The SMILES string of the molecule is Cc1ccccc1/C=C1\Oc2cc(OCc3ccc(F)cc3)cc(C)c2C1=O. The number of ketones is 1. The molecule has 4 rings (SSSR count). The number of fused-ring (bicyclic) bond motifs is 1. The van der Waals surface area contributed by atoms with Crippen LogP contribution in [0.1, 0.15) is 32.6 Å². The maximum absolute atomic E-state index is 13.0. The first kappa shape index (κ1) is 18.0. The summed E-state index contributed by atoms with van der Waals surface area (Å²) in [6.07, 6.45) is 1.77. The third-order valence-electron chi connectivity index (χ3n) is 4.74. The van der Waals surface area contributed by atoms with Crippen molar-refractivity contribution in [1.29, 1.82) is 0 Å². The molecule has 28 heavy (non-hydrogen) atoms. The Morgan fingerprint density at radius 1 is 1.00 bits per heavy atom. The highest BCUT2D eigenvalue weighted by atomic mass is 19.1. The maximum Gasteiger partial charge on any atom is 0.232 e. The second-order valence-electron chi connectivity index (χ2n) is 6.82. The van der Waals surface area contributed by atoms with Gasteiger partial charge in [0.15, 0.2) is 5.76 Å². The van der Waals surface area contributed by atoms with Gasteiger partial charge in [-0.2, -0.15) is 0 Å². The molecular formula is C24H19FO3. The van der Waals surface area contributed by atoms with Crippen LogP contribution >= 0.6 is 0 Å². The van der Waals surface area contributed by atoms with Crippen LogP contribution in [-0.2, 0) is 6.61 Å². The fraction of sp³-hybridized carbons (Fsp3) is 0.125. The number of carbonyl (C=O) groups excluding carboxylic acids is 1. The molecule has 0 bridgehead atoms. The highest BCUT2D eigenvalue weighted by molar-refractivity contribution is 6.15. The Balaban J connectivity index is 1.57. The maximum atomic E-state index is 13.0. The van der Waals surface area contributed by atoms with E-state index in [-0.39, 0.29) is 11.6 Å². The molecule has 0 unspecified atom stereocenters. The smallest absolute Gasteiger partial charge is 0.232 e. The van der Waals surface area contributed by atoms with E-state index in [9.17, 15) is 9.18 Å². The molecule has 0 saturated carbocycles. The minimum Gasteiger partial charge on any atom is -0.489 e. The van der Waals surface area contributed by atoms with Gasteiger partial charge in [0.05, 0.1) is 5.56 Å². The number of ether oxygens (including phenoxy) is 2. The van der Waals surface area contributed by atoms with Crippen molar-refractivity contribution in [2.45, 2.75) is 20.5 Å². The number of aryl methyl sites for hydroxylation is 2. The van der Waals surface area contributed by atoms with Gasteiger partial charge >= 0.3 is 0 Å². The Morgan fingerprint density at radius 3 is 2.50 bits per heavy atom. The van der Waals surface area contributed by atoms with Crippen LogP contribution in [0.25, 0.3) is 6.08 Å². The molecule has 4 heteroatoms. The number of hydrogen-bond acceptors (Lipinski definition) is 3. The number of benzene rings is 3. The number of carbonyl (C=O) groups is 1. The van der Waals surface area contributed by atoms with Crippen molar-refractivity contribution < 1.29 is 18.7 Å². The topological polar surface area (TPSA) is 35.5 Å². The molecule has 0 amide bonds. The number of Topliss-reactive ketones (excluding diaryl/α,β-unsaturated/α-hetero) is 1. The fourth-order valence-electron chi connectivity index (χ4n) is 3.20. The molecule has 0 aromatic heterocycles. The van der Waals surface area contributed by atoms with Crippen LogP contribution in [0.15, 0.2) is 66.4 Å². The highest BCUT2D eigenvalue weighted by Crippen LogP contribution is 2.37. The summed E-state index contributed by atoms with van der Waals surface area (Å²) in [6.45, 7) is 4.16. The normalized spacial score (nSPS) is 14.1. The second kappa shape index (κ2) is 7.31. The standard InChI is InChI=1S/C24H19FO3/c1-15-5-3-4-6-18(15)12-22-24(26)23-16(2)11-20(13-21(23)28-22)27-14-17-7-9-19(25)10-8-17/h3-13H,14H2,1-2H3/b22-12-. The van der Waals surface area contributed by atoms with E-state index in [1.54, 1.807) is 24.3 Å². The Bertz CT molecular complexity index is 1080. The lowest BCUT2D eigenvalue weighted by molar-refractivity contribution is 0.101. The molecule has 1 aliphatic rings. The van der Waals surface area contributed by atoms with Crippen molar-refractivity contribution in [3.05, 3.63) is 100 Å². The first-order chi connectivity index (χ1) is 13.5. The molecule has 3 aromatic rings. The lowest BCUT2D eigenvalue weighted by Gasteiger charge is -2.09. The average Bonchev–Trinajstić information content (AvgIpc) is 2.99. The summed E-state index contributed by atoms with van der Waals surface area (Å²) in [6, 6.07) is 17.5. The van der Waals surface area contributed by atoms with E-state index in [0.717, 1.165) is 22.3 Å². The van der Waals surface area contributed by atoms with E-state index in [2.05, 4.69) is 0 Å². The van der Waals surface area contributed by atoms with Gasteiger partial charge in [-0.15, -0.1) is 0 Å². The van der Waals surface area contributed by atoms with Gasteiger partial charge in [0.2, 0.25) is 5.78 Å². The second-order valence-corrected chi connectivity index (χ2v) is 6.82. The Kier molecular flexibility index (Phi) is 4.70. The van der Waals surface area contributed by atoms with Crippen LogP contribution in [0.5, 0.6) is 11.5 Å². The number of hydrogen-bond donors (Lipinski definition) is 0. The zero-order valence-electron chi connectivity index (χ0n) is 15.7. The molecule has 0 N–H and O–H groups in total. The van der Waals surface area contributed by atoms with Gasteiger partial charge in [-0.3, -0.25) is 4.79 Å². The fourth-order valence-corrected chi connectivity index (χ4v) is 3.20. The predicted octanol–water partition coefficient (Wildman–Crippen LogP) is 5.64. The lowest BCUT2D eigenvalue weighted by Crippen LogP contribution is -2.00. The Morgan fingerprint density at radius 2 is 1.75 bits per heavy atom. The van der Waals surface area contributed by atoms with Crippen LogP contribution in [0.3, 0.4) is 0 Å². The van der Waals surface area contributed by atoms with Crippen LogP contribution in [-0.4, -0.2) is 5.78 Å². The van der Waals surface area contributed by atoms with Crippen LogP contribution < -0.4 is 9.47 Å². The summed E-state index contributed by atoms with van der Waals surface area (Å²) >= 11 is 0. The van der Waals surface area contributed by atoms with Crippen molar-refractivity contribution in [3.63, 3.8) is 0 Å². The van der Waals surface area contributed by atoms with Gasteiger partial charge in [-0.05, 0) is 60.4 Å². The Labute approximate surface area is 163 Å². The molecule has 0 spiro atoms. The summed E-state index contributed by atoms with van der Waals surface area (Å²) in [5, 5.41) is 0. The summed E-state index contributed by atoms with van der Waals surface area (Å²) in [7, 11) is 0. The predicted molar refractivity (Wildman–Crippen MR) is 106 cm³/mol. The minimum absolute atomic E-state index is 0.124. The Hall–Kier alpha value is -3.40. The highest BCUT2D eigenvalue weighted by Gasteiger charge is 2.30.